The lowest BCUT2D eigenvalue weighted by Crippen LogP contribution is -2.40. The van der Waals surface area contributed by atoms with Gasteiger partial charge in [-0.15, -0.1) is 0 Å². The zero-order valence-corrected chi connectivity index (χ0v) is 14.3. The average Bonchev–Trinajstić information content (AvgIpc) is 3.22. The minimum absolute atomic E-state index is 0.120. The van der Waals surface area contributed by atoms with Gasteiger partial charge in [-0.2, -0.15) is 0 Å². The fraction of sp³-hybridized carbons (Fsp3) is 0.526. The minimum atomic E-state index is -0.120. The van der Waals surface area contributed by atoms with Gasteiger partial charge in [-0.3, -0.25) is 4.79 Å². The van der Waals surface area contributed by atoms with Crippen molar-refractivity contribution in [2.75, 3.05) is 0 Å². The molecule has 0 aliphatic heterocycles. The van der Waals surface area contributed by atoms with Gasteiger partial charge in [-0.25, -0.2) is 0 Å². The van der Waals surface area contributed by atoms with Gasteiger partial charge in [0, 0.05) is 17.0 Å². The van der Waals surface area contributed by atoms with E-state index in [1.807, 2.05) is 19.1 Å². The molecule has 1 N–H and O–H groups in total. The summed E-state index contributed by atoms with van der Waals surface area (Å²) in [6.07, 6.45) is 5.32. The second-order valence-corrected chi connectivity index (χ2v) is 7.68. The van der Waals surface area contributed by atoms with E-state index in [4.69, 9.17) is 16.0 Å². The van der Waals surface area contributed by atoms with Crippen molar-refractivity contribution in [2.24, 2.45) is 17.8 Å². The van der Waals surface area contributed by atoms with E-state index in [1.54, 1.807) is 6.07 Å². The van der Waals surface area contributed by atoms with E-state index < -0.39 is 0 Å². The Balaban J connectivity index is 1.55. The molecule has 1 heterocycles. The Morgan fingerprint density at radius 3 is 2.83 bits per heavy atom. The van der Waals surface area contributed by atoms with Crippen LogP contribution in [0, 0.1) is 24.7 Å². The zero-order chi connectivity index (χ0) is 16.1. The van der Waals surface area contributed by atoms with Crippen LogP contribution in [0.2, 0.25) is 5.02 Å². The van der Waals surface area contributed by atoms with Crippen LogP contribution in [0.5, 0.6) is 0 Å². The molecular weight excluding hydrogens is 310 g/mol. The SMILES string of the molecule is Cc1c(C(=O)N[C@H](C)[C@@H]2C[C@H]3CC[C@H]2C3)oc2c(Cl)cccc12. The third-order valence-corrected chi connectivity index (χ3v) is 6.21. The summed E-state index contributed by atoms with van der Waals surface area (Å²) >= 11 is 6.17. The van der Waals surface area contributed by atoms with E-state index >= 15 is 0 Å². The maximum Gasteiger partial charge on any atom is 0.287 e. The number of aryl methyl sites for hydroxylation is 1. The molecule has 4 heteroatoms. The van der Waals surface area contributed by atoms with Gasteiger partial charge >= 0.3 is 0 Å². The molecule has 23 heavy (non-hydrogen) atoms. The summed E-state index contributed by atoms with van der Waals surface area (Å²) in [5, 5.41) is 4.63. The molecule has 2 aliphatic carbocycles. The first-order chi connectivity index (χ1) is 11.0. The predicted molar refractivity (Wildman–Crippen MR) is 91.8 cm³/mol. The van der Waals surface area contributed by atoms with Gasteiger partial charge in [-0.1, -0.05) is 30.2 Å². The summed E-state index contributed by atoms with van der Waals surface area (Å²) in [6.45, 7) is 4.05. The Bertz CT molecular complexity index is 766. The van der Waals surface area contributed by atoms with Crippen LogP contribution in [0.3, 0.4) is 0 Å². The first kappa shape index (κ1) is 15.1. The Labute approximate surface area is 141 Å². The highest BCUT2D eigenvalue weighted by Crippen LogP contribution is 2.49. The third kappa shape index (κ3) is 2.46. The molecule has 2 fully saturated rings. The van der Waals surface area contributed by atoms with Gasteiger partial charge in [-0.05, 0) is 56.9 Å². The first-order valence-electron chi connectivity index (χ1n) is 8.53. The van der Waals surface area contributed by atoms with Gasteiger partial charge in [0.2, 0.25) is 0 Å². The fourth-order valence-electron chi connectivity index (χ4n) is 4.71. The lowest BCUT2D eigenvalue weighted by atomic mass is 9.84. The quantitative estimate of drug-likeness (QED) is 0.864. The zero-order valence-electron chi connectivity index (χ0n) is 13.6. The molecule has 2 bridgehead atoms. The molecule has 0 radical (unpaired) electrons. The van der Waals surface area contributed by atoms with Gasteiger partial charge in [0.05, 0.1) is 5.02 Å². The van der Waals surface area contributed by atoms with Crippen molar-refractivity contribution in [3.05, 3.63) is 34.5 Å². The minimum Gasteiger partial charge on any atom is -0.449 e. The molecule has 0 unspecified atom stereocenters. The molecule has 122 valence electrons. The molecule has 1 aromatic heterocycles. The summed E-state index contributed by atoms with van der Waals surface area (Å²) in [5.41, 5.74) is 1.46. The molecule has 2 aromatic rings. The van der Waals surface area contributed by atoms with Crippen molar-refractivity contribution in [3.63, 3.8) is 0 Å². The number of carbonyl (C=O) groups excluding carboxylic acids is 1. The summed E-state index contributed by atoms with van der Waals surface area (Å²) in [7, 11) is 0. The Kier molecular flexibility index (Phi) is 3.64. The largest absolute Gasteiger partial charge is 0.449 e. The highest BCUT2D eigenvalue weighted by Gasteiger charge is 2.42. The van der Waals surface area contributed by atoms with Crippen LogP contribution in [0.4, 0.5) is 0 Å². The monoisotopic (exact) mass is 331 g/mol. The van der Waals surface area contributed by atoms with E-state index in [0.717, 1.165) is 22.8 Å². The summed E-state index contributed by atoms with van der Waals surface area (Å²) in [4.78, 5) is 12.7. The van der Waals surface area contributed by atoms with Gasteiger partial charge in [0.25, 0.3) is 5.91 Å². The number of carbonyl (C=O) groups is 1. The van der Waals surface area contributed by atoms with Crippen LogP contribution in [-0.2, 0) is 0 Å². The topological polar surface area (TPSA) is 42.2 Å². The van der Waals surface area contributed by atoms with Crippen molar-refractivity contribution in [2.45, 2.75) is 45.6 Å². The lowest BCUT2D eigenvalue weighted by Gasteiger charge is -2.28. The molecule has 1 aromatic carbocycles. The van der Waals surface area contributed by atoms with E-state index in [0.29, 0.717) is 22.3 Å². The number of para-hydroxylation sites is 1. The van der Waals surface area contributed by atoms with Gasteiger partial charge in [0.15, 0.2) is 11.3 Å². The number of furan rings is 1. The summed E-state index contributed by atoms with van der Waals surface area (Å²) in [6, 6.07) is 5.80. The summed E-state index contributed by atoms with van der Waals surface area (Å²) in [5.74, 6) is 2.57. The maximum absolute atomic E-state index is 12.7. The van der Waals surface area contributed by atoms with Gasteiger partial charge < -0.3 is 9.73 Å². The highest BCUT2D eigenvalue weighted by atomic mass is 35.5. The van der Waals surface area contributed by atoms with Gasteiger partial charge in [0.1, 0.15) is 0 Å². The van der Waals surface area contributed by atoms with E-state index in [9.17, 15) is 4.79 Å². The third-order valence-electron chi connectivity index (χ3n) is 5.92. The molecule has 1 amide bonds. The number of rotatable bonds is 3. The Morgan fingerprint density at radius 2 is 2.17 bits per heavy atom. The molecule has 2 aliphatic rings. The normalized spacial score (nSPS) is 27.5. The Morgan fingerprint density at radius 1 is 1.35 bits per heavy atom. The van der Waals surface area contributed by atoms with Crippen molar-refractivity contribution in [1.82, 2.24) is 5.32 Å². The van der Waals surface area contributed by atoms with Crippen LogP contribution in [0.1, 0.15) is 48.7 Å². The van der Waals surface area contributed by atoms with Crippen molar-refractivity contribution in [1.29, 1.82) is 0 Å². The second-order valence-electron chi connectivity index (χ2n) is 7.27. The number of hydrogen-bond acceptors (Lipinski definition) is 2. The second kappa shape index (κ2) is 5.55. The van der Waals surface area contributed by atoms with Crippen LogP contribution in [0.25, 0.3) is 11.0 Å². The van der Waals surface area contributed by atoms with Crippen LogP contribution >= 0.6 is 11.6 Å². The van der Waals surface area contributed by atoms with Crippen LogP contribution in [-0.4, -0.2) is 11.9 Å². The predicted octanol–water partition coefficient (Wildman–Crippen LogP) is 4.95. The van der Waals surface area contributed by atoms with Crippen molar-refractivity contribution >= 4 is 28.5 Å². The van der Waals surface area contributed by atoms with Crippen molar-refractivity contribution in [3.8, 4) is 0 Å². The lowest BCUT2D eigenvalue weighted by molar-refractivity contribution is 0.0888. The molecule has 0 spiro atoms. The number of nitrogens with one attached hydrogen (secondary N) is 1. The highest BCUT2D eigenvalue weighted by molar-refractivity contribution is 6.35. The molecule has 2 saturated carbocycles. The molecular formula is C19H22ClNO2. The smallest absolute Gasteiger partial charge is 0.287 e. The van der Waals surface area contributed by atoms with Crippen molar-refractivity contribution < 1.29 is 9.21 Å². The number of amides is 1. The molecule has 4 atom stereocenters. The molecule has 4 rings (SSSR count). The van der Waals surface area contributed by atoms with E-state index in [2.05, 4.69) is 12.2 Å². The van der Waals surface area contributed by atoms with Crippen LogP contribution in [0.15, 0.2) is 22.6 Å². The standard InChI is InChI=1S/C19H22ClNO2/c1-10-14-4-3-5-16(20)18(14)23-17(10)19(22)21-11(2)15-9-12-6-7-13(15)8-12/h3-5,11-13,15H,6-9H2,1-2H3,(H,21,22)/t11-,12+,13+,15+/m1/s1. The fourth-order valence-corrected chi connectivity index (χ4v) is 4.92. The number of hydrogen-bond donors (Lipinski definition) is 1. The molecule has 0 saturated heterocycles. The summed E-state index contributed by atoms with van der Waals surface area (Å²) < 4.78 is 5.77. The van der Waals surface area contributed by atoms with E-state index in [1.165, 1.54) is 25.7 Å². The number of benzene rings is 1. The molecule has 3 nitrogen and oxygen atoms in total. The maximum atomic E-state index is 12.7. The average molecular weight is 332 g/mol. The van der Waals surface area contributed by atoms with Crippen LogP contribution < -0.4 is 5.32 Å². The Hall–Kier alpha value is -1.48. The first-order valence-corrected chi connectivity index (χ1v) is 8.91. The number of fused-ring (bicyclic) bond motifs is 3. The number of halogens is 1. The van der Waals surface area contributed by atoms with E-state index in [-0.39, 0.29) is 11.9 Å².